The van der Waals surface area contributed by atoms with Crippen molar-refractivity contribution in [1.82, 2.24) is 0 Å². The van der Waals surface area contributed by atoms with E-state index in [1.807, 2.05) is 12.1 Å². The Hall–Kier alpha value is -7.16. The highest BCUT2D eigenvalue weighted by atomic mass is 16.3. The summed E-state index contributed by atoms with van der Waals surface area (Å²) in [7, 11) is 0. The highest BCUT2D eigenvalue weighted by Crippen LogP contribution is 2.40. The van der Waals surface area contributed by atoms with Crippen molar-refractivity contribution in [1.29, 1.82) is 0 Å². The second-order valence-corrected chi connectivity index (χ2v) is 14.2. The molecule has 10 aromatic rings. The summed E-state index contributed by atoms with van der Waals surface area (Å²) in [6.45, 7) is 2.14. The summed E-state index contributed by atoms with van der Waals surface area (Å²) < 4.78 is 6.33. The molecule has 0 bridgehead atoms. The van der Waals surface area contributed by atoms with Crippen LogP contribution in [0.1, 0.15) is 5.56 Å². The van der Waals surface area contributed by atoms with Crippen LogP contribution >= 0.6 is 0 Å². The van der Waals surface area contributed by atoms with E-state index < -0.39 is 0 Å². The van der Waals surface area contributed by atoms with E-state index in [2.05, 4.69) is 206 Å². The highest BCUT2D eigenvalue weighted by Gasteiger charge is 2.16. The predicted octanol–water partition coefficient (Wildman–Crippen LogP) is 15.2. The van der Waals surface area contributed by atoms with Crippen molar-refractivity contribution >= 4 is 49.6 Å². The first-order valence-corrected chi connectivity index (χ1v) is 18.8. The summed E-state index contributed by atoms with van der Waals surface area (Å²) >= 11 is 0. The van der Waals surface area contributed by atoms with Crippen LogP contribution in [0.2, 0.25) is 0 Å². The lowest BCUT2D eigenvalue weighted by Crippen LogP contribution is -2.09. The molecule has 1 aromatic heterocycles. The Balaban J connectivity index is 1.02. The number of hydrogen-bond donors (Lipinski definition) is 0. The zero-order valence-electron chi connectivity index (χ0n) is 30.5. The smallest absolute Gasteiger partial charge is 0.138 e. The van der Waals surface area contributed by atoms with Crippen molar-refractivity contribution in [3.8, 4) is 44.7 Å². The summed E-state index contributed by atoms with van der Waals surface area (Å²) in [6, 6.07) is 74.0. The zero-order chi connectivity index (χ0) is 36.7. The van der Waals surface area contributed by atoms with Crippen LogP contribution in [0.3, 0.4) is 0 Å². The minimum absolute atomic E-state index is 0.917. The zero-order valence-corrected chi connectivity index (χ0v) is 30.5. The lowest BCUT2D eigenvalue weighted by Gasteiger charge is -2.26. The van der Waals surface area contributed by atoms with E-state index in [1.165, 1.54) is 43.8 Å². The Bertz CT molecular complexity index is 2970. The van der Waals surface area contributed by atoms with Gasteiger partial charge in [-0.15, -0.1) is 0 Å². The average molecular weight is 704 g/mol. The molecule has 0 saturated heterocycles. The number of rotatable bonds is 7. The van der Waals surface area contributed by atoms with Gasteiger partial charge in [0.05, 0.1) is 0 Å². The van der Waals surface area contributed by atoms with E-state index in [-0.39, 0.29) is 0 Å². The van der Waals surface area contributed by atoms with E-state index in [0.29, 0.717) is 0 Å². The Morgan fingerprint density at radius 2 is 0.855 bits per heavy atom. The predicted molar refractivity (Wildman–Crippen MR) is 232 cm³/mol. The molecule has 0 saturated carbocycles. The van der Waals surface area contributed by atoms with Crippen molar-refractivity contribution in [2.45, 2.75) is 6.92 Å². The first kappa shape index (κ1) is 32.5. The second kappa shape index (κ2) is 13.7. The second-order valence-electron chi connectivity index (χ2n) is 14.2. The van der Waals surface area contributed by atoms with Crippen LogP contribution in [-0.2, 0) is 0 Å². The summed E-state index contributed by atoms with van der Waals surface area (Å²) in [4.78, 5) is 2.34. The van der Waals surface area contributed by atoms with Crippen molar-refractivity contribution < 1.29 is 4.42 Å². The summed E-state index contributed by atoms with van der Waals surface area (Å²) in [5, 5.41) is 6.16. The molecule has 9 aromatic carbocycles. The maximum absolute atomic E-state index is 6.33. The van der Waals surface area contributed by atoms with Gasteiger partial charge in [0.2, 0.25) is 0 Å². The number of benzene rings is 9. The molecule has 0 spiro atoms. The van der Waals surface area contributed by atoms with E-state index in [0.717, 1.165) is 56.0 Å². The Morgan fingerprint density at radius 3 is 1.55 bits per heavy atom. The van der Waals surface area contributed by atoms with Crippen LogP contribution in [0, 0.1) is 6.92 Å². The minimum atomic E-state index is 0.917. The molecule has 260 valence electrons. The third-order valence-corrected chi connectivity index (χ3v) is 10.9. The first-order valence-electron chi connectivity index (χ1n) is 18.8. The molecule has 0 aliphatic carbocycles. The summed E-state index contributed by atoms with van der Waals surface area (Å²) in [5.41, 5.74) is 13.6. The monoisotopic (exact) mass is 703 g/mol. The van der Waals surface area contributed by atoms with E-state index >= 15 is 0 Å². The van der Waals surface area contributed by atoms with Crippen molar-refractivity contribution in [3.05, 3.63) is 212 Å². The fourth-order valence-corrected chi connectivity index (χ4v) is 7.98. The number of furan rings is 1. The number of nitrogens with zero attached hydrogens (tertiary/aromatic N) is 1. The van der Waals surface area contributed by atoms with E-state index in [1.54, 1.807) is 0 Å². The van der Waals surface area contributed by atoms with Crippen LogP contribution in [0.5, 0.6) is 0 Å². The van der Waals surface area contributed by atoms with Gasteiger partial charge in [-0.25, -0.2) is 0 Å². The van der Waals surface area contributed by atoms with E-state index in [9.17, 15) is 0 Å². The topological polar surface area (TPSA) is 16.4 Å². The van der Waals surface area contributed by atoms with Gasteiger partial charge in [-0.2, -0.15) is 0 Å². The van der Waals surface area contributed by atoms with E-state index in [4.69, 9.17) is 4.42 Å². The molecule has 2 heteroatoms. The number of anilines is 3. The molecule has 0 unspecified atom stereocenters. The van der Waals surface area contributed by atoms with Gasteiger partial charge in [-0.05, 0) is 116 Å². The van der Waals surface area contributed by atoms with Crippen LogP contribution in [0.25, 0.3) is 77.2 Å². The molecular weight excluding hydrogens is 667 g/mol. The van der Waals surface area contributed by atoms with Gasteiger partial charge in [-0.1, -0.05) is 152 Å². The Kier molecular flexibility index (Phi) is 8.08. The van der Waals surface area contributed by atoms with Gasteiger partial charge in [0.1, 0.15) is 11.3 Å². The van der Waals surface area contributed by atoms with Gasteiger partial charge < -0.3 is 9.32 Å². The lowest BCUT2D eigenvalue weighted by atomic mass is 9.98. The molecule has 0 aliphatic heterocycles. The third-order valence-electron chi connectivity index (χ3n) is 10.9. The van der Waals surface area contributed by atoms with Crippen molar-refractivity contribution in [3.63, 3.8) is 0 Å². The molecule has 0 radical (unpaired) electrons. The highest BCUT2D eigenvalue weighted by molar-refractivity contribution is 5.97. The van der Waals surface area contributed by atoms with Gasteiger partial charge in [0, 0.05) is 33.6 Å². The van der Waals surface area contributed by atoms with Gasteiger partial charge in [-0.3, -0.25) is 0 Å². The lowest BCUT2D eigenvalue weighted by molar-refractivity contribution is 0.629. The van der Waals surface area contributed by atoms with Crippen LogP contribution in [0.15, 0.2) is 211 Å². The molecular formula is C53H37NO. The number of hydrogen-bond acceptors (Lipinski definition) is 2. The maximum atomic E-state index is 6.33. The molecule has 10 rings (SSSR count). The average Bonchev–Trinajstić information content (AvgIpc) is 3.60. The van der Waals surface area contributed by atoms with Crippen LogP contribution in [-0.4, -0.2) is 0 Å². The van der Waals surface area contributed by atoms with Gasteiger partial charge in [0.15, 0.2) is 0 Å². The quantitative estimate of drug-likeness (QED) is 0.164. The number of aryl methyl sites for hydroxylation is 1. The third kappa shape index (κ3) is 6.04. The fourth-order valence-electron chi connectivity index (χ4n) is 7.98. The molecule has 0 atom stereocenters. The SMILES string of the molecule is Cc1c(-c2cccc(-c3ccc(N(c4ccc(-c5ccc6ccccc6c5)cc4)c4ccc(-c5cccc6ccccc56)cc4)cc3)c2)oc2ccccc12. The molecule has 2 nitrogen and oxygen atoms in total. The molecule has 0 N–H and O–H groups in total. The van der Waals surface area contributed by atoms with Gasteiger partial charge in [0.25, 0.3) is 0 Å². The standard InChI is InChI=1S/C53H37NO/c1-36-49-16-6-7-19-52(49)55-53(36)45-15-8-14-43(35-45)38-22-28-46(29-23-38)54(47-30-24-39(25-31-47)44-21-20-37-10-2-3-12-42(37)34-44)48-32-26-41(27-33-48)51-18-9-13-40-11-4-5-17-50(40)51/h2-35H,1H3. The minimum Gasteiger partial charge on any atom is -0.456 e. The normalized spacial score (nSPS) is 11.4. The Morgan fingerprint density at radius 1 is 0.345 bits per heavy atom. The maximum Gasteiger partial charge on any atom is 0.138 e. The Labute approximate surface area is 321 Å². The molecule has 0 fully saturated rings. The molecule has 0 amide bonds. The van der Waals surface area contributed by atoms with Crippen LogP contribution < -0.4 is 4.90 Å². The number of fused-ring (bicyclic) bond motifs is 3. The largest absolute Gasteiger partial charge is 0.456 e. The summed E-state index contributed by atoms with van der Waals surface area (Å²) in [6.07, 6.45) is 0. The molecule has 55 heavy (non-hydrogen) atoms. The first-order chi connectivity index (χ1) is 27.2. The van der Waals surface area contributed by atoms with Crippen molar-refractivity contribution in [2.75, 3.05) is 4.90 Å². The van der Waals surface area contributed by atoms with Crippen LogP contribution in [0.4, 0.5) is 17.1 Å². The molecule has 1 heterocycles. The van der Waals surface area contributed by atoms with Crippen molar-refractivity contribution in [2.24, 2.45) is 0 Å². The fraction of sp³-hybridized carbons (Fsp3) is 0.0189. The molecule has 0 aliphatic rings. The summed E-state index contributed by atoms with van der Waals surface area (Å²) in [5.74, 6) is 0.921. The number of para-hydroxylation sites is 1. The van der Waals surface area contributed by atoms with Gasteiger partial charge >= 0.3 is 0 Å².